The number of nitrogens with one attached hydrogen (secondary N) is 1. The van der Waals surface area contributed by atoms with Gasteiger partial charge in [0.1, 0.15) is 6.04 Å². The number of ether oxygens (including phenoxy) is 1. The molecule has 0 aromatic heterocycles. The summed E-state index contributed by atoms with van der Waals surface area (Å²) in [5, 5.41) is 2.85. The summed E-state index contributed by atoms with van der Waals surface area (Å²) < 4.78 is 6.49. The lowest BCUT2D eigenvalue weighted by Crippen LogP contribution is -2.47. The van der Waals surface area contributed by atoms with Crippen LogP contribution < -0.4 is 5.32 Å². The lowest BCUT2D eigenvalue weighted by Gasteiger charge is -2.29. The third-order valence-electron chi connectivity index (χ3n) is 3.99. The lowest BCUT2D eigenvalue weighted by atomic mass is 9.83. The Labute approximate surface area is 147 Å². The summed E-state index contributed by atoms with van der Waals surface area (Å²) in [6.45, 7) is 0. The van der Waals surface area contributed by atoms with Crippen molar-refractivity contribution in [1.82, 2.24) is 5.32 Å². The van der Waals surface area contributed by atoms with Gasteiger partial charge in [-0.2, -0.15) is 0 Å². The highest BCUT2D eigenvalue weighted by Gasteiger charge is 2.32. The van der Waals surface area contributed by atoms with Crippen LogP contribution >= 0.6 is 31.9 Å². The Morgan fingerprint density at radius 1 is 1.14 bits per heavy atom. The smallest absolute Gasteiger partial charge is 0.328 e. The molecule has 1 aliphatic rings. The number of carbonyl (C=O) groups is 2. The summed E-state index contributed by atoms with van der Waals surface area (Å²) in [4.78, 5) is 24.5. The predicted octanol–water partition coefficient (Wildman–Crippen LogP) is 4.06. The van der Waals surface area contributed by atoms with E-state index in [9.17, 15) is 9.59 Å². The number of amides is 1. The van der Waals surface area contributed by atoms with E-state index in [4.69, 9.17) is 4.74 Å². The van der Waals surface area contributed by atoms with E-state index in [0.29, 0.717) is 5.56 Å². The average molecular weight is 433 g/mol. The summed E-state index contributed by atoms with van der Waals surface area (Å²) in [6.07, 6.45) is 5.27. The van der Waals surface area contributed by atoms with Gasteiger partial charge in [0.2, 0.25) is 0 Å². The van der Waals surface area contributed by atoms with Gasteiger partial charge in [0.15, 0.2) is 0 Å². The first-order valence-electron chi connectivity index (χ1n) is 7.36. The maximum Gasteiger partial charge on any atom is 0.328 e. The summed E-state index contributed by atoms with van der Waals surface area (Å²) >= 11 is 6.73. The van der Waals surface area contributed by atoms with Crippen LogP contribution in [-0.4, -0.2) is 25.0 Å². The van der Waals surface area contributed by atoms with Gasteiger partial charge in [0.05, 0.1) is 7.11 Å². The van der Waals surface area contributed by atoms with E-state index in [1.54, 1.807) is 12.1 Å². The first-order chi connectivity index (χ1) is 10.5. The molecule has 1 aliphatic carbocycles. The van der Waals surface area contributed by atoms with Crippen molar-refractivity contribution in [2.45, 2.75) is 38.1 Å². The Bertz CT molecular complexity index is 536. The number of hydrogen-bond donors (Lipinski definition) is 1. The SMILES string of the molecule is COC(=O)[C@H](NC(=O)c1cc(Br)cc(Br)c1)C1CCCCC1. The molecule has 22 heavy (non-hydrogen) atoms. The second-order valence-electron chi connectivity index (χ2n) is 5.53. The molecule has 1 aromatic rings. The highest BCUT2D eigenvalue weighted by molar-refractivity contribution is 9.11. The van der Waals surface area contributed by atoms with Crippen LogP contribution in [0.2, 0.25) is 0 Å². The van der Waals surface area contributed by atoms with E-state index in [1.807, 2.05) is 6.07 Å². The van der Waals surface area contributed by atoms with Gasteiger partial charge in [-0.25, -0.2) is 4.79 Å². The van der Waals surface area contributed by atoms with Crippen molar-refractivity contribution in [3.63, 3.8) is 0 Å². The van der Waals surface area contributed by atoms with Crippen molar-refractivity contribution in [1.29, 1.82) is 0 Å². The van der Waals surface area contributed by atoms with Gasteiger partial charge in [-0.15, -0.1) is 0 Å². The van der Waals surface area contributed by atoms with Crippen LogP contribution in [0.1, 0.15) is 42.5 Å². The number of methoxy groups -OCH3 is 1. The zero-order chi connectivity index (χ0) is 16.1. The number of esters is 1. The predicted molar refractivity (Wildman–Crippen MR) is 91.7 cm³/mol. The second kappa shape index (κ2) is 8.11. The van der Waals surface area contributed by atoms with Crippen LogP contribution in [0.15, 0.2) is 27.1 Å². The largest absolute Gasteiger partial charge is 0.467 e. The standard InChI is InChI=1S/C16H19Br2NO3/c1-22-16(21)14(10-5-3-2-4-6-10)19-15(20)11-7-12(17)9-13(18)8-11/h7-10,14H,2-6H2,1H3,(H,19,20)/t14-/m1/s1. The van der Waals surface area contributed by atoms with Gasteiger partial charge in [-0.1, -0.05) is 51.1 Å². The molecule has 120 valence electrons. The summed E-state index contributed by atoms with van der Waals surface area (Å²) in [5.41, 5.74) is 0.506. The quantitative estimate of drug-likeness (QED) is 0.729. The minimum atomic E-state index is -0.574. The first-order valence-corrected chi connectivity index (χ1v) is 8.94. The molecule has 0 bridgehead atoms. The average Bonchev–Trinajstić information content (AvgIpc) is 2.51. The number of benzene rings is 1. The number of hydrogen-bond acceptors (Lipinski definition) is 3. The molecule has 1 amide bonds. The maximum absolute atomic E-state index is 12.5. The fourth-order valence-corrected chi connectivity index (χ4v) is 4.17. The minimum Gasteiger partial charge on any atom is -0.467 e. The molecule has 1 atom stereocenters. The van der Waals surface area contributed by atoms with Gasteiger partial charge < -0.3 is 10.1 Å². The maximum atomic E-state index is 12.5. The molecule has 1 fully saturated rings. The van der Waals surface area contributed by atoms with Gasteiger partial charge >= 0.3 is 5.97 Å². The van der Waals surface area contributed by atoms with Crippen LogP contribution in [0.25, 0.3) is 0 Å². The zero-order valence-electron chi connectivity index (χ0n) is 12.4. The number of rotatable bonds is 4. The molecular weight excluding hydrogens is 414 g/mol. The Balaban J connectivity index is 2.14. The monoisotopic (exact) mass is 431 g/mol. The molecule has 4 nitrogen and oxygen atoms in total. The second-order valence-corrected chi connectivity index (χ2v) is 7.36. The molecule has 0 unspecified atom stereocenters. The molecule has 0 heterocycles. The third-order valence-corrected chi connectivity index (χ3v) is 4.90. The van der Waals surface area contributed by atoms with E-state index in [1.165, 1.54) is 13.5 Å². The van der Waals surface area contributed by atoms with Crippen LogP contribution in [0, 0.1) is 5.92 Å². The number of carbonyl (C=O) groups excluding carboxylic acids is 2. The zero-order valence-corrected chi connectivity index (χ0v) is 15.6. The Morgan fingerprint density at radius 3 is 2.27 bits per heavy atom. The van der Waals surface area contributed by atoms with Crippen LogP contribution in [0.3, 0.4) is 0 Å². The summed E-state index contributed by atoms with van der Waals surface area (Å²) in [7, 11) is 1.36. The molecule has 0 spiro atoms. The van der Waals surface area contributed by atoms with Crippen LogP contribution in [0.5, 0.6) is 0 Å². The van der Waals surface area contributed by atoms with Crippen LogP contribution in [-0.2, 0) is 9.53 Å². The first kappa shape index (κ1) is 17.5. The van der Waals surface area contributed by atoms with Crippen molar-refractivity contribution in [3.05, 3.63) is 32.7 Å². The molecule has 1 aromatic carbocycles. The topological polar surface area (TPSA) is 55.4 Å². The Kier molecular flexibility index (Phi) is 6.44. The van der Waals surface area contributed by atoms with Crippen molar-refractivity contribution >= 4 is 43.7 Å². The fourth-order valence-electron chi connectivity index (χ4n) is 2.87. The van der Waals surface area contributed by atoms with Crippen molar-refractivity contribution in [2.75, 3.05) is 7.11 Å². The fraction of sp³-hybridized carbons (Fsp3) is 0.500. The lowest BCUT2D eigenvalue weighted by molar-refractivity contribution is -0.144. The van der Waals surface area contributed by atoms with Gasteiger partial charge in [0, 0.05) is 14.5 Å². The molecule has 0 aliphatic heterocycles. The van der Waals surface area contributed by atoms with Crippen LogP contribution in [0.4, 0.5) is 0 Å². The Morgan fingerprint density at radius 2 is 1.73 bits per heavy atom. The highest BCUT2D eigenvalue weighted by Crippen LogP contribution is 2.27. The molecule has 2 rings (SSSR count). The normalized spacial score (nSPS) is 16.9. The van der Waals surface area contributed by atoms with Crippen molar-refractivity contribution in [3.8, 4) is 0 Å². The van der Waals surface area contributed by atoms with E-state index in [2.05, 4.69) is 37.2 Å². The van der Waals surface area contributed by atoms with Gasteiger partial charge in [-0.05, 0) is 37.0 Å². The van der Waals surface area contributed by atoms with E-state index >= 15 is 0 Å². The summed E-state index contributed by atoms with van der Waals surface area (Å²) in [6, 6.07) is 4.75. The highest BCUT2D eigenvalue weighted by atomic mass is 79.9. The molecule has 0 radical (unpaired) electrons. The van der Waals surface area contributed by atoms with Crippen molar-refractivity contribution < 1.29 is 14.3 Å². The molecular formula is C16H19Br2NO3. The minimum absolute atomic E-state index is 0.153. The molecule has 1 saturated carbocycles. The Hall–Kier alpha value is -0.880. The van der Waals surface area contributed by atoms with E-state index in [-0.39, 0.29) is 17.8 Å². The van der Waals surface area contributed by atoms with Gasteiger partial charge in [0.25, 0.3) is 5.91 Å². The molecule has 0 saturated heterocycles. The van der Waals surface area contributed by atoms with Gasteiger partial charge in [-0.3, -0.25) is 4.79 Å². The van der Waals surface area contributed by atoms with E-state index in [0.717, 1.165) is 34.6 Å². The number of halogens is 2. The molecule has 1 N–H and O–H groups in total. The van der Waals surface area contributed by atoms with E-state index < -0.39 is 6.04 Å². The summed E-state index contributed by atoms with van der Waals surface area (Å²) in [5.74, 6) is -0.474. The molecule has 6 heteroatoms. The van der Waals surface area contributed by atoms with Crippen molar-refractivity contribution in [2.24, 2.45) is 5.92 Å². The third kappa shape index (κ3) is 4.56.